The molecule has 0 aliphatic carbocycles. The first-order valence-electron chi connectivity index (χ1n) is 9.15. The molecule has 1 atom stereocenters. The number of halogens is 2. The molecule has 146 valence electrons. The van der Waals surface area contributed by atoms with Gasteiger partial charge in [-0.25, -0.2) is 4.39 Å². The molecule has 0 saturated heterocycles. The molecule has 0 fully saturated rings. The average Bonchev–Trinajstić information content (AvgIpc) is 2.76. The maximum absolute atomic E-state index is 14.7. The van der Waals surface area contributed by atoms with Crippen LogP contribution in [0.4, 0.5) is 10.1 Å². The van der Waals surface area contributed by atoms with Gasteiger partial charge < -0.3 is 10.1 Å². The van der Waals surface area contributed by atoms with E-state index in [0.717, 1.165) is 27.7 Å². The van der Waals surface area contributed by atoms with Crippen LogP contribution in [0.3, 0.4) is 0 Å². The molecule has 2 aromatic carbocycles. The van der Waals surface area contributed by atoms with E-state index in [1.165, 1.54) is 6.07 Å². The molecule has 0 amide bonds. The molecule has 6 heteroatoms. The van der Waals surface area contributed by atoms with Crippen molar-refractivity contribution in [1.29, 1.82) is 0 Å². The lowest BCUT2D eigenvalue weighted by molar-refractivity contribution is 0.413. The summed E-state index contributed by atoms with van der Waals surface area (Å²) in [6, 6.07) is 14.3. The molecule has 0 bridgehead atoms. The molecule has 2 heterocycles. The fourth-order valence-electron chi connectivity index (χ4n) is 3.30. The summed E-state index contributed by atoms with van der Waals surface area (Å²) >= 11 is 6.39. The van der Waals surface area contributed by atoms with Gasteiger partial charge in [-0.1, -0.05) is 35.9 Å². The molecule has 1 N–H and O–H groups in total. The Morgan fingerprint density at radius 1 is 1.03 bits per heavy atom. The van der Waals surface area contributed by atoms with E-state index in [9.17, 15) is 4.39 Å². The first-order chi connectivity index (χ1) is 14.1. The normalized spacial score (nSPS) is 12.0. The summed E-state index contributed by atoms with van der Waals surface area (Å²) in [7, 11) is 1.59. The smallest absolute Gasteiger partial charge is 0.137 e. The minimum absolute atomic E-state index is 0.293. The van der Waals surface area contributed by atoms with Crippen LogP contribution in [0.5, 0.6) is 5.75 Å². The van der Waals surface area contributed by atoms with Crippen LogP contribution < -0.4 is 10.1 Å². The van der Waals surface area contributed by atoms with E-state index in [1.807, 2.05) is 43.3 Å². The van der Waals surface area contributed by atoms with Crippen LogP contribution in [-0.4, -0.2) is 17.1 Å². The highest BCUT2D eigenvalue weighted by atomic mass is 35.5. The molecule has 4 nitrogen and oxygen atoms in total. The van der Waals surface area contributed by atoms with Crippen LogP contribution in [0.25, 0.3) is 22.0 Å². The molecule has 2 aromatic heterocycles. The molecule has 1 unspecified atom stereocenters. The van der Waals surface area contributed by atoms with Crippen LogP contribution in [0.2, 0.25) is 5.02 Å². The van der Waals surface area contributed by atoms with Crippen molar-refractivity contribution in [1.82, 2.24) is 9.97 Å². The molecule has 4 aromatic rings. The third kappa shape index (κ3) is 3.87. The van der Waals surface area contributed by atoms with Crippen LogP contribution in [0, 0.1) is 5.82 Å². The van der Waals surface area contributed by atoms with Gasteiger partial charge in [-0.2, -0.15) is 0 Å². The second kappa shape index (κ2) is 8.05. The first kappa shape index (κ1) is 19.2. The monoisotopic (exact) mass is 407 g/mol. The second-order valence-electron chi connectivity index (χ2n) is 6.71. The lowest BCUT2D eigenvalue weighted by Crippen LogP contribution is -2.10. The van der Waals surface area contributed by atoms with Crippen LogP contribution >= 0.6 is 11.6 Å². The van der Waals surface area contributed by atoms with Gasteiger partial charge in [-0.3, -0.25) is 9.97 Å². The van der Waals surface area contributed by atoms with Gasteiger partial charge in [-0.15, -0.1) is 0 Å². The second-order valence-corrected chi connectivity index (χ2v) is 7.12. The van der Waals surface area contributed by atoms with Gasteiger partial charge in [-0.05, 0) is 36.8 Å². The molecule has 0 aliphatic rings. The Hall–Kier alpha value is -3.18. The standard InChI is InChI=1S/C23H19ClFN3O/c1-14(28-23-18-5-3-4-6-22(18)27-13-20(23)24)19-10-15(7-8-21(19)25)16-9-17(29-2)12-26-11-16/h3-14H,1-2H3,(H,27,28). The number of nitrogens with one attached hydrogen (secondary N) is 1. The summed E-state index contributed by atoms with van der Waals surface area (Å²) in [6.45, 7) is 1.90. The fourth-order valence-corrected chi connectivity index (χ4v) is 3.51. The summed E-state index contributed by atoms with van der Waals surface area (Å²) in [4.78, 5) is 8.53. The van der Waals surface area contributed by atoms with Gasteiger partial charge in [0.15, 0.2) is 0 Å². The SMILES string of the molecule is COc1cncc(-c2ccc(F)c(C(C)Nc3c(Cl)cnc4ccccc34)c2)c1. The fraction of sp³-hybridized carbons (Fsp3) is 0.130. The van der Waals surface area contributed by atoms with Crippen LogP contribution in [0.15, 0.2) is 67.1 Å². The van der Waals surface area contributed by atoms with Crippen molar-refractivity contribution in [2.45, 2.75) is 13.0 Å². The molecule has 0 radical (unpaired) electrons. The van der Waals surface area contributed by atoms with E-state index in [2.05, 4.69) is 15.3 Å². The zero-order valence-electron chi connectivity index (χ0n) is 16.0. The zero-order chi connectivity index (χ0) is 20.4. The van der Waals surface area contributed by atoms with Gasteiger partial charge >= 0.3 is 0 Å². The Morgan fingerprint density at radius 2 is 1.86 bits per heavy atom. The number of benzene rings is 2. The van der Waals surface area contributed by atoms with Gasteiger partial charge in [0.25, 0.3) is 0 Å². The number of para-hydroxylation sites is 1. The Kier molecular flexibility index (Phi) is 5.32. The summed E-state index contributed by atoms with van der Waals surface area (Å²) in [5.74, 6) is 0.355. The van der Waals surface area contributed by atoms with Crippen molar-refractivity contribution in [3.05, 3.63) is 83.5 Å². The number of ether oxygens (including phenoxy) is 1. The van der Waals surface area contributed by atoms with Crippen molar-refractivity contribution in [3.8, 4) is 16.9 Å². The third-order valence-electron chi connectivity index (χ3n) is 4.83. The number of nitrogens with zero attached hydrogens (tertiary/aromatic N) is 2. The highest BCUT2D eigenvalue weighted by Gasteiger charge is 2.16. The number of fused-ring (bicyclic) bond motifs is 1. The van der Waals surface area contributed by atoms with Crippen molar-refractivity contribution in [3.63, 3.8) is 0 Å². The maximum Gasteiger partial charge on any atom is 0.137 e. The zero-order valence-corrected chi connectivity index (χ0v) is 16.7. The van der Waals surface area contributed by atoms with Crippen molar-refractivity contribution in [2.75, 3.05) is 12.4 Å². The molecule has 0 spiro atoms. The van der Waals surface area contributed by atoms with E-state index in [4.69, 9.17) is 16.3 Å². The average molecular weight is 408 g/mol. The lowest BCUT2D eigenvalue weighted by Gasteiger charge is -2.19. The molecule has 29 heavy (non-hydrogen) atoms. The summed E-state index contributed by atoms with van der Waals surface area (Å²) in [6.07, 6.45) is 4.97. The van der Waals surface area contributed by atoms with E-state index in [0.29, 0.717) is 16.3 Å². The van der Waals surface area contributed by atoms with E-state index in [-0.39, 0.29) is 11.9 Å². The number of anilines is 1. The Balaban J connectivity index is 1.71. The minimum Gasteiger partial charge on any atom is -0.495 e. The summed E-state index contributed by atoms with van der Waals surface area (Å²) in [5.41, 5.74) is 3.79. The molecule has 0 saturated carbocycles. The largest absolute Gasteiger partial charge is 0.495 e. The Bertz CT molecular complexity index is 1180. The highest BCUT2D eigenvalue weighted by Crippen LogP contribution is 2.34. The number of hydrogen-bond acceptors (Lipinski definition) is 4. The number of hydrogen-bond donors (Lipinski definition) is 1. The van der Waals surface area contributed by atoms with Crippen LogP contribution in [0.1, 0.15) is 18.5 Å². The maximum atomic E-state index is 14.7. The molecular formula is C23H19ClFN3O. The van der Waals surface area contributed by atoms with Gasteiger partial charge in [0, 0.05) is 28.9 Å². The minimum atomic E-state index is -0.322. The van der Waals surface area contributed by atoms with Crippen LogP contribution in [-0.2, 0) is 0 Å². The summed E-state index contributed by atoms with van der Waals surface area (Å²) in [5, 5.41) is 4.74. The molecule has 0 aliphatic heterocycles. The Labute approximate surface area is 173 Å². The van der Waals surface area contributed by atoms with Crippen molar-refractivity contribution in [2.24, 2.45) is 0 Å². The number of rotatable bonds is 5. The Morgan fingerprint density at radius 3 is 2.69 bits per heavy atom. The topological polar surface area (TPSA) is 47.0 Å². The van der Waals surface area contributed by atoms with E-state index >= 15 is 0 Å². The lowest BCUT2D eigenvalue weighted by atomic mass is 10.00. The molecular weight excluding hydrogens is 389 g/mol. The van der Waals surface area contributed by atoms with E-state index in [1.54, 1.807) is 31.8 Å². The van der Waals surface area contributed by atoms with Crippen molar-refractivity contribution >= 4 is 28.2 Å². The number of pyridine rings is 2. The van der Waals surface area contributed by atoms with Crippen molar-refractivity contribution < 1.29 is 9.13 Å². The molecule has 4 rings (SSSR count). The predicted octanol–water partition coefficient (Wildman–Crippen LogP) is 6.27. The van der Waals surface area contributed by atoms with Gasteiger partial charge in [0.1, 0.15) is 11.6 Å². The third-order valence-corrected chi connectivity index (χ3v) is 5.12. The predicted molar refractivity (Wildman–Crippen MR) is 115 cm³/mol. The highest BCUT2D eigenvalue weighted by molar-refractivity contribution is 6.34. The van der Waals surface area contributed by atoms with Gasteiger partial charge in [0.2, 0.25) is 0 Å². The van der Waals surface area contributed by atoms with E-state index < -0.39 is 0 Å². The summed E-state index contributed by atoms with van der Waals surface area (Å²) < 4.78 is 19.9. The number of aromatic nitrogens is 2. The van der Waals surface area contributed by atoms with Gasteiger partial charge in [0.05, 0.1) is 35.6 Å². The first-order valence-corrected chi connectivity index (χ1v) is 9.53. The quantitative estimate of drug-likeness (QED) is 0.423. The number of methoxy groups -OCH3 is 1.